The second kappa shape index (κ2) is 3.74. The summed E-state index contributed by atoms with van der Waals surface area (Å²) in [5.41, 5.74) is 0.314. The molecule has 0 fully saturated rings. The maximum absolute atomic E-state index is 13.3. The number of anilines is 1. The highest BCUT2D eigenvalue weighted by Gasteiger charge is 2.13. The lowest BCUT2D eigenvalue weighted by Crippen LogP contribution is -2.10. The predicted octanol–water partition coefficient (Wildman–Crippen LogP) is 1.82. The fourth-order valence-corrected chi connectivity index (χ4v) is 1.76. The van der Waals surface area contributed by atoms with Crippen LogP contribution in [0.25, 0.3) is 0 Å². The van der Waals surface area contributed by atoms with E-state index < -0.39 is 14.9 Å². The molecule has 0 aliphatic rings. The van der Waals surface area contributed by atoms with E-state index in [-0.39, 0.29) is 4.90 Å². The fraction of sp³-hybridized carbons (Fsp3) is 0.250. The van der Waals surface area contributed by atoms with E-state index in [0.29, 0.717) is 5.69 Å². The SMILES string of the molecule is CN(C)c1ccc(S(=O)(=O)Cl)cc1F. The Morgan fingerprint density at radius 3 is 2.29 bits per heavy atom. The molecule has 0 saturated carbocycles. The molecule has 0 unspecified atom stereocenters. The van der Waals surface area contributed by atoms with Crippen molar-refractivity contribution in [3.05, 3.63) is 24.0 Å². The summed E-state index contributed by atoms with van der Waals surface area (Å²) < 4.78 is 35.0. The molecular weight excluding hydrogens is 229 g/mol. The Morgan fingerprint density at radius 1 is 1.36 bits per heavy atom. The number of hydrogen-bond donors (Lipinski definition) is 0. The van der Waals surface area contributed by atoms with Gasteiger partial charge in [0.1, 0.15) is 5.82 Å². The Morgan fingerprint density at radius 2 is 1.93 bits per heavy atom. The standard InChI is InChI=1S/C8H9ClFNO2S/c1-11(2)8-4-3-6(5-7(8)10)14(9,12)13/h3-5H,1-2H3. The number of rotatable bonds is 2. The largest absolute Gasteiger partial charge is 0.375 e. The first-order valence-corrected chi connectivity index (χ1v) is 6.05. The molecule has 78 valence electrons. The monoisotopic (exact) mass is 237 g/mol. The minimum atomic E-state index is -3.85. The predicted molar refractivity (Wildman–Crippen MR) is 53.8 cm³/mol. The lowest BCUT2D eigenvalue weighted by molar-refractivity contribution is 0.602. The zero-order chi connectivity index (χ0) is 10.9. The van der Waals surface area contributed by atoms with Crippen molar-refractivity contribution in [1.29, 1.82) is 0 Å². The minimum Gasteiger partial charge on any atom is -0.375 e. The molecule has 14 heavy (non-hydrogen) atoms. The van der Waals surface area contributed by atoms with Gasteiger partial charge in [0.15, 0.2) is 0 Å². The van der Waals surface area contributed by atoms with E-state index in [0.717, 1.165) is 6.07 Å². The van der Waals surface area contributed by atoms with Gasteiger partial charge in [0.2, 0.25) is 0 Å². The van der Waals surface area contributed by atoms with E-state index in [1.165, 1.54) is 12.1 Å². The van der Waals surface area contributed by atoms with Crippen molar-refractivity contribution in [2.24, 2.45) is 0 Å². The van der Waals surface area contributed by atoms with E-state index >= 15 is 0 Å². The Balaban J connectivity index is 3.27. The van der Waals surface area contributed by atoms with E-state index in [1.54, 1.807) is 19.0 Å². The van der Waals surface area contributed by atoms with Crippen LogP contribution in [0.3, 0.4) is 0 Å². The van der Waals surface area contributed by atoms with Gasteiger partial charge in [-0.05, 0) is 18.2 Å². The molecule has 0 bridgehead atoms. The van der Waals surface area contributed by atoms with Gasteiger partial charge in [0, 0.05) is 24.8 Å². The van der Waals surface area contributed by atoms with Crippen molar-refractivity contribution < 1.29 is 12.8 Å². The summed E-state index contributed by atoms with van der Waals surface area (Å²) in [7, 11) is 4.52. The molecule has 0 saturated heterocycles. The van der Waals surface area contributed by atoms with Crippen LogP contribution in [0, 0.1) is 5.82 Å². The smallest absolute Gasteiger partial charge is 0.261 e. The van der Waals surface area contributed by atoms with Gasteiger partial charge < -0.3 is 4.90 Å². The first kappa shape index (κ1) is 11.3. The summed E-state index contributed by atoms with van der Waals surface area (Å²) in [5, 5.41) is 0. The van der Waals surface area contributed by atoms with Crippen LogP contribution < -0.4 is 4.90 Å². The Hall–Kier alpha value is -0.810. The molecule has 0 amide bonds. The third-order valence-corrected chi connectivity index (χ3v) is 3.03. The molecule has 0 aliphatic carbocycles. The van der Waals surface area contributed by atoms with Crippen molar-refractivity contribution >= 4 is 25.4 Å². The van der Waals surface area contributed by atoms with Crippen molar-refractivity contribution in [2.75, 3.05) is 19.0 Å². The molecule has 0 heterocycles. The van der Waals surface area contributed by atoms with Crippen LogP contribution in [-0.4, -0.2) is 22.5 Å². The Kier molecular flexibility index (Phi) is 3.01. The molecule has 0 radical (unpaired) electrons. The third-order valence-electron chi connectivity index (χ3n) is 1.68. The number of nitrogens with zero attached hydrogens (tertiary/aromatic N) is 1. The van der Waals surface area contributed by atoms with Crippen LogP contribution in [0.1, 0.15) is 0 Å². The van der Waals surface area contributed by atoms with Crippen LogP contribution in [0.15, 0.2) is 23.1 Å². The van der Waals surface area contributed by atoms with Crippen LogP contribution in [-0.2, 0) is 9.05 Å². The molecule has 3 nitrogen and oxygen atoms in total. The summed E-state index contributed by atoms with van der Waals surface area (Å²) in [4.78, 5) is 1.31. The molecule has 1 rings (SSSR count). The highest BCUT2D eigenvalue weighted by atomic mass is 35.7. The molecule has 0 spiro atoms. The fourth-order valence-electron chi connectivity index (χ4n) is 1.00. The zero-order valence-corrected chi connectivity index (χ0v) is 9.23. The summed E-state index contributed by atoms with van der Waals surface area (Å²) in [5.74, 6) is -0.614. The first-order chi connectivity index (χ1) is 6.32. The number of hydrogen-bond acceptors (Lipinski definition) is 3. The molecule has 0 aromatic heterocycles. The maximum Gasteiger partial charge on any atom is 0.261 e. The first-order valence-electron chi connectivity index (χ1n) is 3.74. The molecule has 6 heteroatoms. The van der Waals surface area contributed by atoms with Crippen LogP contribution in [0.4, 0.5) is 10.1 Å². The van der Waals surface area contributed by atoms with E-state index in [2.05, 4.69) is 0 Å². The topological polar surface area (TPSA) is 37.4 Å². The normalized spacial score (nSPS) is 11.4. The quantitative estimate of drug-likeness (QED) is 0.737. The summed E-state index contributed by atoms with van der Waals surface area (Å²) in [6.07, 6.45) is 0. The highest BCUT2D eigenvalue weighted by molar-refractivity contribution is 8.13. The van der Waals surface area contributed by atoms with Gasteiger partial charge in [-0.1, -0.05) is 0 Å². The Labute approximate surface area is 86.5 Å². The highest BCUT2D eigenvalue weighted by Crippen LogP contribution is 2.22. The summed E-state index contributed by atoms with van der Waals surface area (Å²) in [6.45, 7) is 0. The molecular formula is C8H9ClFNO2S. The lowest BCUT2D eigenvalue weighted by atomic mass is 10.3. The van der Waals surface area contributed by atoms with E-state index in [4.69, 9.17) is 10.7 Å². The van der Waals surface area contributed by atoms with E-state index in [9.17, 15) is 12.8 Å². The van der Waals surface area contributed by atoms with Gasteiger partial charge in [-0.2, -0.15) is 0 Å². The third kappa shape index (κ3) is 2.36. The molecule has 1 aromatic rings. The molecule has 0 aliphatic heterocycles. The van der Waals surface area contributed by atoms with Crippen molar-refractivity contribution in [2.45, 2.75) is 4.90 Å². The number of benzene rings is 1. The average molecular weight is 238 g/mol. The van der Waals surface area contributed by atoms with Gasteiger partial charge in [0.05, 0.1) is 10.6 Å². The maximum atomic E-state index is 13.3. The van der Waals surface area contributed by atoms with Crippen LogP contribution in [0.5, 0.6) is 0 Å². The second-order valence-electron chi connectivity index (χ2n) is 2.95. The van der Waals surface area contributed by atoms with Gasteiger partial charge in [-0.15, -0.1) is 0 Å². The van der Waals surface area contributed by atoms with Gasteiger partial charge in [-0.25, -0.2) is 12.8 Å². The second-order valence-corrected chi connectivity index (χ2v) is 5.51. The average Bonchev–Trinajstić information content (AvgIpc) is 2.01. The van der Waals surface area contributed by atoms with Gasteiger partial charge in [0.25, 0.3) is 9.05 Å². The van der Waals surface area contributed by atoms with E-state index in [1.807, 2.05) is 0 Å². The summed E-state index contributed by atoms with van der Waals surface area (Å²) >= 11 is 0. The Bertz CT molecular complexity index is 445. The minimum absolute atomic E-state index is 0.234. The van der Waals surface area contributed by atoms with Crippen LogP contribution >= 0.6 is 10.7 Å². The van der Waals surface area contributed by atoms with Gasteiger partial charge in [-0.3, -0.25) is 0 Å². The molecule has 1 aromatic carbocycles. The zero-order valence-electron chi connectivity index (χ0n) is 7.66. The van der Waals surface area contributed by atoms with Gasteiger partial charge >= 0.3 is 0 Å². The molecule has 0 N–H and O–H groups in total. The van der Waals surface area contributed by atoms with Crippen molar-refractivity contribution in [3.63, 3.8) is 0 Å². The van der Waals surface area contributed by atoms with Crippen molar-refractivity contribution in [3.8, 4) is 0 Å². The van der Waals surface area contributed by atoms with Crippen molar-refractivity contribution in [1.82, 2.24) is 0 Å². The molecule has 0 atom stereocenters. The lowest BCUT2D eigenvalue weighted by Gasteiger charge is -2.13. The van der Waals surface area contributed by atoms with Crippen LogP contribution in [0.2, 0.25) is 0 Å². The number of halogens is 2. The summed E-state index contributed by atoms with van der Waals surface area (Å²) in [6, 6.07) is 3.53.